The summed E-state index contributed by atoms with van der Waals surface area (Å²) < 4.78 is 0. The molecule has 0 atom stereocenters. The second-order valence-corrected chi connectivity index (χ2v) is 4.42. The minimum Gasteiger partial charge on any atom is -0.364 e. The number of rotatable bonds is 4. The van der Waals surface area contributed by atoms with Crippen LogP contribution in [0, 0.1) is 11.3 Å². The summed E-state index contributed by atoms with van der Waals surface area (Å²) in [6.07, 6.45) is 1.79. The number of carbonyl (C=O) groups excluding carboxylic acids is 1. The van der Waals surface area contributed by atoms with E-state index < -0.39 is 5.91 Å². The normalized spacial score (nSPS) is 9.80. The van der Waals surface area contributed by atoms with Crippen LogP contribution in [0.3, 0.4) is 0 Å². The highest BCUT2D eigenvalue weighted by molar-refractivity contribution is 7.98. The highest BCUT2D eigenvalue weighted by Crippen LogP contribution is 2.21. The van der Waals surface area contributed by atoms with Gasteiger partial charge in [0.1, 0.15) is 6.07 Å². The number of thioether (sulfide) groups is 1. The van der Waals surface area contributed by atoms with Crippen molar-refractivity contribution in [2.75, 3.05) is 11.6 Å². The SMILES string of the molecule is CSc1nnc(C(N)=O)c(Nc2ccccc2C#N)n1. The Labute approximate surface area is 119 Å². The second-order valence-electron chi connectivity index (χ2n) is 3.64. The zero-order chi connectivity index (χ0) is 14.5. The Balaban J connectivity index is 2.46. The monoisotopic (exact) mass is 286 g/mol. The van der Waals surface area contributed by atoms with Crippen molar-refractivity contribution in [3.8, 4) is 6.07 Å². The number of benzene rings is 1. The van der Waals surface area contributed by atoms with Crippen molar-refractivity contribution in [2.45, 2.75) is 5.16 Å². The lowest BCUT2D eigenvalue weighted by Gasteiger charge is -2.09. The summed E-state index contributed by atoms with van der Waals surface area (Å²) in [7, 11) is 0. The molecule has 20 heavy (non-hydrogen) atoms. The van der Waals surface area contributed by atoms with E-state index in [-0.39, 0.29) is 11.5 Å². The molecule has 0 spiro atoms. The standard InChI is InChI=1S/C12H10N6OS/c1-20-12-16-11(9(10(14)19)17-18-12)15-8-5-3-2-4-7(8)6-13/h2-5H,1H3,(H2,14,19)(H,15,16,18). The summed E-state index contributed by atoms with van der Waals surface area (Å²) in [6.45, 7) is 0. The van der Waals surface area contributed by atoms with E-state index >= 15 is 0 Å². The molecule has 3 N–H and O–H groups in total. The van der Waals surface area contributed by atoms with Crippen LogP contribution in [-0.4, -0.2) is 27.3 Å². The molecule has 0 saturated heterocycles. The topological polar surface area (TPSA) is 118 Å². The van der Waals surface area contributed by atoms with Gasteiger partial charge in [-0.3, -0.25) is 4.79 Å². The second kappa shape index (κ2) is 5.99. The fourth-order valence-corrected chi connectivity index (χ4v) is 1.77. The van der Waals surface area contributed by atoms with Gasteiger partial charge in [-0.1, -0.05) is 23.9 Å². The van der Waals surface area contributed by atoms with Gasteiger partial charge in [-0.05, 0) is 18.4 Å². The van der Waals surface area contributed by atoms with Crippen molar-refractivity contribution in [1.82, 2.24) is 15.2 Å². The number of hydrogen-bond donors (Lipinski definition) is 2. The lowest BCUT2D eigenvalue weighted by atomic mass is 10.2. The van der Waals surface area contributed by atoms with Crippen LogP contribution in [0.25, 0.3) is 0 Å². The van der Waals surface area contributed by atoms with Crippen LogP contribution in [0.2, 0.25) is 0 Å². The lowest BCUT2D eigenvalue weighted by molar-refractivity contribution is 0.0995. The largest absolute Gasteiger partial charge is 0.364 e. The van der Waals surface area contributed by atoms with Crippen LogP contribution in [-0.2, 0) is 0 Å². The Morgan fingerprint density at radius 3 is 2.80 bits per heavy atom. The molecule has 1 amide bonds. The van der Waals surface area contributed by atoms with Crippen LogP contribution in [0.5, 0.6) is 0 Å². The van der Waals surface area contributed by atoms with Crippen LogP contribution in [0.15, 0.2) is 29.4 Å². The molecule has 1 aromatic heterocycles. The quantitative estimate of drug-likeness (QED) is 0.813. The first-order valence-electron chi connectivity index (χ1n) is 5.50. The van der Waals surface area contributed by atoms with Gasteiger partial charge in [0.2, 0.25) is 5.16 Å². The number of primary amides is 1. The van der Waals surface area contributed by atoms with Crippen molar-refractivity contribution in [3.05, 3.63) is 35.5 Å². The lowest BCUT2D eigenvalue weighted by Crippen LogP contribution is -2.18. The number of nitrogens with one attached hydrogen (secondary N) is 1. The Morgan fingerprint density at radius 1 is 1.40 bits per heavy atom. The first kappa shape index (κ1) is 13.8. The Bertz CT molecular complexity index is 697. The average molecular weight is 286 g/mol. The summed E-state index contributed by atoms with van der Waals surface area (Å²) in [4.78, 5) is 15.5. The summed E-state index contributed by atoms with van der Waals surface area (Å²) in [5.41, 5.74) is 6.11. The minimum atomic E-state index is -0.741. The average Bonchev–Trinajstić information content (AvgIpc) is 2.47. The van der Waals surface area contributed by atoms with Crippen LogP contribution < -0.4 is 11.1 Å². The molecule has 0 aliphatic heterocycles. The van der Waals surface area contributed by atoms with Crippen molar-refractivity contribution in [1.29, 1.82) is 5.26 Å². The molecule has 1 aromatic carbocycles. The molecule has 0 saturated carbocycles. The van der Waals surface area contributed by atoms with E-state index in [1.165, 1.54) is 11.8 Å². The zero-order valence-electron chi connectivity index (χ0n) is 10.5. The van der Waals surface area contributed by atoms with Crippen LogP contribution >= 0.6 is 11.8 Å². The van der Waals surface area contributed by atoms with Crippen molar-refractivity contribution < 1.29 is 4.79 Å². The zero-order valence-corrected chi connectivity index (χ0v) is 11.3. The maximum absolute atomic E-state index is 11.3. The van der Waals surface area contributed by atoms with Crippen molar-refractivity contribution >= 4 is 29.2 Å². The first-order chi connectivity index (χ1) is 9.65. The smallest absolute Gasteiger partial charge is 0.273 e. The number of anilines is 2. The molecule has 8 heteroatoms. The van der Waals surface area contributed by atoms with Gasteiger partial charge in [-0.15, -0.1) is 10.2 Å². The van der Waals surface area contributed by atoms with Crippen molar-refractivity contribution in [2.24, 2.45) is 5.73 Å². The maximum Gasteiger partial charge on any atom is 0.273 e. The van der Waals surface area contributed by atoms with E-state index in [0.29, 0.717) is 16.4 Å². The molecule has 0 aliphatic carbocycles. The van der Waals surface area contributed by atoms with Gasteiger partial charge in [-0.2, -0.15) is 5.26 Å². The molecule has 1 heterocycles. The minimum absolute atomic E-state index is 0.0736. The third-order valence-corrected chi connectivity index (χ3v) is 2.92. The number of nitriles is 1. The van der Waals surface area contributed by atoms with Gasteiger partial charge in [0, 0.05) is 0 Å². The number of nitrogens with zero attached hydrogens (tertiary/aromatic N) is 4. The van der Waals surface area contributed by atoms with Crippen LogP contribution in [0.4, 0.5) is 11.5 Å². The Kier molecular flexibility index (Phi) is 4.12. The van der Waals surface area contributed by atoms with Crippen LogP contribution in [0.1, 0.15) is 16.1 Å². The molecule has 2 rings (SSSR count). The molecule has 0 unspecified atom stereocenters. The van der Waals surface area contributed by atoms with Gasteiger partial charge in [0.25, 0.3) is 5.91 Å². The molecule has 0 bridgehead atoms. The molecule has 0 fully saturated rings. The fourth-order valence-electron chi connectivity index (χ4n) is 1.47. The summed E-state index contributed by atoms with van der Waals surface area (Å²) in [5, 5.41) is 19.8. The maximum atomic E-state index is 11.3. The van der Waals surface area contributed by atoms with E-state index in [1.54, 1.807) is 30.5 Å². The number of para-hydroxylation sites is 1. The van der Waals surface area contributed by atoms with E-state index in [2.05, 4.69) is 20.5 Å². The van der Waals surface area contributed by atoms with E-state index in [9.17, 15) is 4.79 Å². The van der Waals surface area contributed by atoms with Gasteiger partial charge < -0.3 is 11.1 Å². The highest BCUT2D eigenvalue weighted by Gasteiger charge is 2.15. The first-order valence-corrected chi connectivity index (χ1v) is 6.73. The predicted molar refractivity (Wildman–Crippen MR) is 74.6 cm³/mol. The van der Waals surface area contributed by atoms with Gasteiger partial charge >= 0.3 is 0 Å². The Hall–Kier alpha value is -2.66. The molecule has 100 valence electrons. The third-order valence-electron chi connectivity index (χ3n) is 2.38. The summed E-state index contributed by atoms with van der Waals surface area (Å²) >= 11 is 1.28. The number of aromatic nitrogens is 3. The molecule has 2 aromatic rings. The van der Waals surface area contributed by atoms with Gasteiger partial charge in [0.15, 0.2) is 11.5 Å². The third kappa shape index (κ3) is 2.84. The number of nitrogens with two attached hydrogens (primary N) is 1. The molecular formula is C12H10N6OS. The van der Waals surface area contributed by atoms with E-state index in [0.717, 1.165) is 0 Å². The molecule has 0 radical (unpaired) electrons. The summed E-state index contributed by atoms with van der Waals surface area (Å²) in [5.74, 6) is -0.561. The predicted octanol–water partition coefficient (Wildman–Crippen LogP) is 1.31. The number of hydrogen-bond acceptors (Lipinski definition) is 7. The molecular weight excluding hydrogens is 276 g/mol. The van der Waals surface area contributed by atoms with Crippen molar-refractivity contribution in [3.63, 3.8) is 0 Å². The number of carbonyl (C=O) groups is 1. The van der Waals surface area contributed by atoms with E-state index in [4.69, 9.17) is 11.0 Å². The summed E-state index contributed by atoms with van der Waals surface area (Å²) in [6, 6.07) is 8.89. The van der Waals surface area contributed by atoms with Gasteiger partial charge in [0.05, 0.1) is 11.3 Å². The van der Waals surface area contributed by atoms with Gasteiger partial charge in [-0.25, -0.2) is 4.98 Å². The fraction of sp³-hybridized carbons (Fsp3) is 0.0833. The molecule has 0 aliphatic rings. The van der Waals surface area contributed by atoms with E-state index in [1.807, 2.05) is 6.07 Å². The Morgan fingerprint density at radius 2 is 2.15 bits per heavy atom. The number of amides is 1. The highest BCUT2D eigenvalue weighted by atomic mass is 32.2. The molecule has 7 nitrogen and oxygen atoms in total.